The van der Waals surface area contributed by atoms with Gasteiger partial charge in [0.25, 0.3) is 0 Å². The molecule has 1 aliphatic heterocycles. The van der Waals surface area contributed by atoms with Crippen molar-refractivity contribution in [1.29, 1.82) is 5.26 Å². The van der Waals surface area contributed by atoms with Crippen molar-refractivity contribution in [3.05, 3.63) is 113 Å². The Labute approximate surface area is 227 Å². The summed E-state index contributed by atoms with van der Waals surface area (Å²) in [4.78, 5) is 19.4. The Morgan fingerprint density at radius 2 is 1.68 bits per heavy atom. The third kappa shape index (κ3) is 5.96. The number of para-hydroxylation sites is 1. The van der Waals surface area contributed by atoms with Gasteiger partial charge >= 0.3 is 6.09 Å². The first-order chi connectivity index (χ1) is 18.6. The minimum atomic E-state index is -0.340. The maximum atomic E-state index is 12.8. The first kappa shape index (κ1) is 25.3. The lowest BCUT2D eigenvalue weighted by atomic mass is 9.93. The highest BCUT2D eigenvalue weighted by atomic mass is 35.5. The summed E-state index contributed by atoms with van der Waals surface area (Å²) in [7, 11) is 0. The van der Waals surface area contributed by atoms with Crippen molar-refractivity contribution in [3.63, 3.8) is 0 Å². The van der Waals surface area contributed by atoms with Crippen LogP contribution in [0.5, 0.6) is 11.5 Å². The quantitative estimate of drug-likeness (QED) is 0.260. The van der Waals surface area contributed by atoms with Crippen molar-refractivity contribution in [2.24, 2.45) is 0 Å². The van der Waals surface area contributed by atoms with E-state index in [1.165, 1.54) is 0 Å². The van der Waals surface area contributed by atoms with Gasteiger partial charge in [0.2, 0.25) is 0 Å². The van der Waals surface area contributed by atoms with Crippen LogP contribution in [0.3, 0.4) is 0 Å². The van der Waals surface area contributed by atoms with Crippen molar-refractivity contribution in [1.82, 2.24) is 9.88 Å². The smallest absolute Gasteiger partial charge is 0.410 e. The first-order valence-corrected chi connectivity index (χ1v) is 12.9. The van der Waals surface area contributed by atoms with Gasteiger partial charge in [0.05, 0.1) is 16.3 Å². The second-order valence-corrected chi connectivity index (χ2v) is 9.54. The van der Waals surface area contributed by atoms with Crippen molar-refractivity contribution in [2.75, 3.05) is 13.1 Å². The predicted molar refractivity (Wildman–Crippen MR) is 146 cm³/mol. The lowest BCUT2D eigenvalue weighted by Gasteiger charge is -2.32. The summed E-state index contributed by atoms with van der Waals surface area (Å²) in [6.45, 7) is 1.34. The standard InChI is InChI=1S/C31H26ClN3O3/c32-28-18-29(24-10-7-17-35(20-24)31(36)37-21-22-8-3-1-4-9-22)34-30(27(28)19-33)23-13-15-26(16-14-23)38-25-11-5-2-6-12-25/h1-6,8-9,11-16,18,24H,7,10,17,20-21H2. The van der Waals surface area contributed by atoms with Gasteiger partial charge in [-0.2, -0.15) is 5.26 Å². The third-order valence-electron chi connectivity index (χ3n) is 6.51. The van der Waals surface area contributed by atoms with E-state index in [9.17, 15) is 10.1 Å². The fraction of sp³-hybridized carbons (Fsp3) is 0.194. The fourth-order valence-corrected chi connectivity index (χ4v) is 4.80. The molecule has 7 heteroatoms. The number of carbonyl (C=O) groups excluding carboxylic acids is 1. The maximum absolute atomic E-state index is 12.8. The molecular formula is C31H26ClN3O3. The summed E-state index contributed by atoms with van der Waals surface area (Å²) < 4.78 is 11.4. The summed E-state index contributed by atoms with van der Waals surface area (Å²) in [5.74, 6) is 1.40. The molecule has 1 aromatic heterocycles. The van der Waals surface area contributed by atoms with Crippen LogP contribution >= 0.6 is 11.6 Å². The molecule has 0 saturated carbocycles. The average molecular weight is 524 g/mol. The molecule has 0 bridgehead atoms. The second kappa shape index (κ2) is 11.8. The number of carbonyl (C=O) groups is 1. The van der Waals surface area contributed by atoms with E-state index in [0.29, 0.717) is 35.1 Å². The molecule has 0 aliphatic carbocycles. The summed E-state index contributed by atoms with van der Waals surface area (Å²) in [6, 6.07) is 30.5. The van der Waals surface area contributed by atoms with E-state index in [-0.39, 0.29) is 18.6 Å². The molecule has 1 amide bonds. The number of hydrogen-bond donors (Lipinski definition) is 0. The summed E-state index contributed by atoms with van der Waals surface area (Å²) >= 11 is 6.57. The van der Waals surface area contributed by atoms with Crippen LogP contribution in [0.15, 0.2) is 91.0 Å². The number of benzene rings is 3. The maximum Gasteiger partial charge on any atom is 0.410 e. The molecule has 6 nitrogen and oxygen atoms in total. The molecule has 1 fully saturated rings. The summed E-state index contributed by atoms with van der Waals surface area (Å²) in [5.41, 5.74) is 3.31. The summed E-state index contributed by atoms with van der Waals surface area (Å²) in [5, 5.41) is 10.2. The van der Waals surface area contributed by atoms with Gasteiger partial charge in [0.1, 0.15) is 24.2 Å². The number of rotatable bonds is 6. The Bertz CT molecular complexity index is 1440. The van der Waals surface area contributed by atoms with Crippen LogP contribution in [0.4, 0.5) is 4.79 Å². The SMILES string of the molecule is N#Cc1c(Cl)cc(C2CCCN(C(=O)OCc3ccccc3)C2)nc1-c1ccc(Oc2ccccc2)cc1. The number of likely N-dealkylation sites (tertiary alicyclic amines) is 1. The normalized spacial score (nSPS) is 14.9. The molecular weight excluding hydrogens is 498 g/mol. The zero-order valence-electron chi connectivity index (χ0n) is 20.7. The Hall–Kier alpha value is -4.34. The van der Waals surface area contributed by atoms with Gasteiger partial charge in [-0.25, -0.2) is 4.79 Å². The van der Waals surface area contributed by atoms with E-state index in [1.807, 2.05) is 84.9 Å². The van der Waals surface area contributed by atoms with Crippen molar-refractivity contribution in [2.45, 2.75) is 25.4 Å². The van der Waals surface area contributed by atoms with E-state index in [2.05, 4.69) is 6.07 Å². The minimum absolute atomic E-state index is 0.0160. The van der Waals surface area contributed by atoms with Crippen molar-refractivity contribution in [3.8, 4) is 28.8 Å². The number of amides is 1. The summed E-state index contributed by atoms with van der Waals surface area (Å²) in [6.07, 6.45) is 1.35. The van der Waals surface area contributed by atoms with Crippen LogP contribution in [0, 0.1) is 11.3 Å². The molecule has 190 valence electrons. The molecule has 1 atom stereocenters. The number of nitrogens with zero attached hydrogens (tertiary/aromatic N) is 3. The van der Waals surface area contributed by atoms with Crippen molar-refractivity contribution >= 4 is 17.7 Å². The van der Waals surface area contributed by atoms with E-state index >= 15 is 0 Å². The highest BCUT2D eigenvalue weighted by Gasteiger charge is 2.28. The van der Waals surface area contributed by atoms with Gasteiger partial charge in [0.15, 0.2) is 0 Å². The predicted octanol–water partition coefficient (Wildman–Crippen LogP) is 7.58. The molecule has 0 radical (unpaired) electrons. The zero-order chi connectivity index (χ0) is 26.3. The third-order valence-corrected chi connectivity index (χ3v) is 6.81. The van der Waals surface area contributed by atoms with Crippen LogP contribution in [-0.2, 0) is 11.3 Å². The number of nitriles is 1. The van der Waals surface area contributed by atoms with Gasteiger partial charge < -0.3 is 14.4 Å². The van der Waals surface area contributed by atoms with Crippen LogP contribution in [0.25, 0.3) is 11.3 Å². The fourth-order valence-electron chi connectivity index (χ4n) is 4.56. The molecule has 5 rings (SSSR count). The monoisotopic (exact) mass is 523 g/mol. The molecule has 2 heterocycles. The van der Waals surface area contributed by atoms with E-state index in [0.717, 1.165) is 35.4 Å². The molecule has 3 aromatic carbocycles. The van der Waals surface area contributed by atoms with Gasteiger partial charge in [-0.15, -0.1) is 0 Å². The first-order valence-electron chi connectivity index (χ1n) is 12.5. The number of piperidine rings is 1. The molecule has 4 aromatic rings. The Kier molecular flexibility index (Phi) is 7.86. The topological polar surface area (TPSA) is 75.5 Å². The van der Waals surface area contributed by atoms with Crippen LogP contribution < -0.4 is 4.74 Å². The van der Waals surface area contributed by atoms with Gasteiger partial charge in [-0.3, -0.25) is 4.98 Å². The van der Waals surface area contributed by atoms with Crippen LogP contribution in [0.2, 0.25) is 5.02 Å². The van der Waals surface area contributed by atoms with Gasteiger partial charge in [0, 0.05) is 30.3 Å². The number of ether oxygens (including phenoxy) is 2. The molecule has 1 saturated heterocycles. The Morgan fingerprint density at radius 1 is 1.00 bits per heavy atom. The highest BCUT2D eigenvalue weighted by molar-refractivity contribution is 6.32. The minimum Gasteiger partial charge on any atom is -0.457 e. The molecule has 0 spiro atoms. The zero-order valence-corrected chi connectivity index (χ0v) is 21.5. The Morgan fingerprint density at radius 3 is 2.39 bits per heavy atom. The van der Waals surface area contributed by atoms with Gasteiger partial charge in [-0.1, -0.05) is 60.1 Å². The molecule has 1 aliphatic rings. The highest BCUT2D eigenvalue weighted by Crippen LogP contribution is 2.34. The van der Waals surface area contributed by atoms with Crippen molar-refractivity contribution < 1.29 is 14.3 Å². The van der Waals surface area contributed by atoms with Crippen LogP contribution in [0.1, 0.15) is 35.6 Å². The van der Waals surface area contributed by atoms with E-state index in [1.54, 1.807) is 11.0 Å². The largest absolute Gasteiger partial charge is 0.457 e. The molecule has 0 N–H and O–H groups in total. The lowest BCUT2D eigenvalue weighted by Crippen LogP contribution is -2.39. The lowest BCUT2D eigenvalue weighted by molar-refractivity contribution is 0.0856. The van der Waals surface area contributed by atoms with E-state index < -0.39 is 0 Å². The number of aromatic nitrogens is 1. The van der Waals surface area contributed by atoms with Crippen LogP contribution in [-0.4, -0.2) is 29.1 Å². The number of hydrogen-bond acceptors (Lipinski definition) is 5. The number of pyridine rings is 1. The second-order valence-electron chi connectivity index (χ2n) is 9.13. The van der Waals surface area contributed by atoms with E-state index in [4.69, 9.17) is 26.1 Å². The Balaban J connectivity index is 1.33. The van der Waals surface area contributed by atoms with Gasteiger partial charge in [-0.05, 0) is 60.9 Å². The average Bonchev–Trinajstić information content (AvgIpc) is 2.97. The molecule has 38 heavy (non-hydrogen) atoms. The molecule has 1 unspecified atom stereocenters. The number of halogens is 1.